The van der Waals surface area contributed by atoms with Crippen molar-refractivity contribution in [3.8, 4) is 11.5 Å². The van der Waals surface area contributed by atoms with Crippen molar-refractivity contribution < 1.29 is 19.9 Å². The normalized spacial score (nSPS) is 11.4. The molecule has 0 aromatic heterocycles. The molecule has 0 fully saturated rings. The quantitative estimate of drug-likeness (QED) is 0.422. The second-order valence-corrected chi connectivity index (χ2v) is 7.32. The lowest BCUT2D eigenvalue weighted by molar-refractivity contribution is 0.161. The van der Waals surface area contributed by atoms with Crippen molar-refractivity contribution in [2.45, 2.75) is 39.8 Å². The van der Waals surface area contributed by atoms with Crippen molar-refractivity contribution in [1.29, 1.82) is 0 Å². The van der Waals surface area contributed by atoms with Crippen LogP contribution in [0.3, 0.4) is 0 Å². The third-order valence-corrected chi connectivity index (χ3v) is 4.51. The molecule has 0 radical (unpaired) electrons. The summed E-state index contributed by atoms with van der Waals surface area (Å²) in [4.78, 5) is 0. The fourth-order valence-electron chi connectivity index (χ4n) is 2.60. The van der Waals surface area contributed by atoms with Crippen LogP contribution in [0.5, 0.6) is 11.5 Å². The van der Waals surface area contributed by atoms with Gasteiger partial charge in [0.05, 0.1) is 13.2 Å². The Morgan fingerprint density at radius 2 is 1.07 bits per heavy atom. The Morgan fingerprint density at radius 1 is 0.704 bits per heavy atom. The topological polar surface area (TPSA) is 83.0 Å². The zero-order chi connectivity index (χ0) is 19.5. The molecule has 0 saturated carbocycles. The highest BCUT2D eigenvalue weighted by Crippen LogP contribution is 2.26. The summed E-state index contributed by atoms with van der Waals surface area (Å²) >= 11 is 0. The molecule has 0 unspecified atom stereocenters. The molecule has 27 heavy (non-hydrogen) atoms. The van der Waals surface area contributed by atoms with E-state index in [9.17, 15) is 0 Å². The monoisotopic (exact) mass is 374 g/mol. The summed E-state index contributed by atoms with van der Waals surface area (Å²) in [5.41, 5.74) is 6.40. The van der Waals surface area contributed by atoms with Crippen molar-refractivity contribution in [1.82, 2.24) is 11.0 Å². The second kappa shape index (κ2) is 10.9. The van der Waals surface area contributed by atoms with Gasteiger partial charge in [-0.25, -0.2) is 11.0 Å². The largest absolute Gasteiger partial charge is 0.494 e. The van der Waals surface area contributed by atoms with Gasteiger partial charge >= 0.3 is 0 Å². The van der Waals surface area contributed by atoms with E-state index in [4.69, 9.17) is 19.9 Å². The summed E-state index contributed by atoms with van der Waals surface area (Å²) in [5.74, 6) is 1.67. The molecule has 0 aliphatic carbocycles. The first kappa shape index (κ1) is 21.2. The molecule has 0 spiro atoms. The average Bonchev–Trinajstić information content (AvgIpc) is 2.65. The SMILES string of the molecule is CC(C)(CCOc1ccc(CNO)cc1)CCOc1ccc(CNO)cc1. The molecule has 0 aliphatic heterocycles. The number of hydroxylamine groups is 2. The Balaban J connectivity index is 1.68. The molecule has 0 bridgehead atoms. The molecule has 0 amide bonds. The van der Waals surface area contributed by atoms with E-state index in [0.717, 1.165) is 35.5 Å². The first-order valence-electron chi connectivity index (χ1n) is 9.20. The van der Waals surface area contributed by atoms with Crippen molar-refractivity contribution >= 4 is 0 Å². The van der Waals surface area contributed by atoms with Gasteiger partial charge in [-0.2, -0.15) is 0 Å². The van der Waals surface area contributed by atoms with Gasteiger partial charge in [0.15, 0.2) is 0 Å². The molecule has 0 atom stereocenters. The minimum atomic E-state index is 0.113. The minimum Gasteiger partial charge on any atom is -0.494 e. The summed E-state index contributed by atoms with van der Waals surface area (Å²) < 4.78 is 11.7. The maximum Gasteiger partial charge on any atom is 0.119 e. The molecule has 6 nitrogen and oxygen atoms in total. The lowest BCUT2D eigenvalue weighted by Gasteiger charge is -2.24. The van der Waals surface area contributed by atoms with E-state index in [0.29, 0.717) is 26.3 Å². The van der Waals surface area contributed by atoms with Crippen LogP contribution in [0.4, 0.5) is 0 Å². The minimum absolute atomic E-state index is 0.113. The van der Waals surface area contributed by atoms with Crippen LogP contribution in [0.2, 0.25) is 0 Å². The smallest absolute Gasteiger partial charge is 0.119 e. The fourth-order valence-corrected chi connectivity index (χ4v) is 2.60. The lowest BCUT2D eigenvalue weighted by atomic mass is 9.86. The maximum absolute atomic E-state index is 8.69. The summed E-state index contributed by atoms with van der Waals surface area (Å²) in [6.07, 6.45) is 1.86. The predicted molar refractivity (Wildman–Crippen MR) is 104 cm³/mol. The second-order valence-electron chi connectivity index (χ2n) is 7.32. The number of rotatable bonds is 12. The van der Waals surface area contributed by atoms with Crippen LogP contribution < -0.4 is 20.4 Å². The Bertz CT molecular complexity index is 599. The standard InChI is InChI=1S/C21H30N2O4/c1-21(2,11-13-26-19-7-3-17(4-8-19)15-22-24)12-14-27-20-9-5-18(6-10-20)16-23-25/h3-10,22-25H,11-16H2,1-2H3. The lowest BCUT2D eigenvalue weighted by Crippen LogP contribution is -2.19. The van der Waals surface area contributed by atoms with Gasteiger partial charge in [0, 0.05) is 13.1 Å². The zero-order valence-corrected chi connectivity index (χ0v) is 16.1. The molecular weight excluding hydrogens is 344 g/mol. The zero-order valence-electron chi connectivity index (χ0n) is 16.1. The number of benzene rings is 2. The number of ether oxygens (including phenoxy) is 2. The fraction of sp³-hybridized carbons (Fsp3) is 0.429. The van der Waals surface area contributed by atoms with Gasteiger partial charge < -0.3 is 19.9 Å². The van der Waals surface area contributed by atoms with Crippen molar-refractivity contribution in [3.05, 3.63) is 59.7 Å². The molecule has 6 heteroatoms. The molecule has 0 heterocycles. The highest BCUT2D eigenvalue weighted by Gasteiger charge is 2.18. The van der Waals surface area contributed by atoms with Gasteiger partial charge in [-0.1, -0.05) is 38.1 Å². The number of hydrogen-bond donors (Lipinski definition) is 4. The highest BCUT2D eigenvalue weighted by atomic mass is 16.5. The van der Waals surface area contributed by atoms with E-state index in [1.165, 1.54) is 0 Å². The van der Waals surface area contributed by atoms with Crippen LogP contribution in [0.1, 0.15) is 37.8 Å². The molecule has 0 aliphatic rings. The van der Waals surface area contributed by atoms with Crippen molar-refractivity contribution in [2.24, 2.45) is 5.41 Å². The van der Waals surface area contributed by atoms with E-state index < -0.39 is 0 Å². The van der Waals surface area contributed by atoms with Crippen molar-refractivity contribution in [2.75, 3.05) is 13.2 Å². The van der Waals surface area contributed by atoms with Crippen LogP contribution in [0.15, 0.2) is 48.5 Å². The van der Waals surface area contributed by atoms with E-state index >= 15 is 0 Å². The Morgan fingerprint density at radius 3 is 1.41 bits per heavy atom. The molecule has 148 valence electrons. The summed E-state index contributed by atoms with van der Waals surface area (Å²) in [5, 5.41) is 17.4. The van der Waals surface area contributed by atoms with Gasteiger partial charge in [-0.15, -0.1) is 0 Å². The third kappa shape index (κ3) is 7.97. The highest BCUT2D eigenvalue weighted by molar-refractivity contribution is 5.27. The van der Waals surface area contributed by atoms with Gasteiger partial charge in [0.1, 0.15) is 11.5 Å². The van der Waals surface area contributed by atoms with E-state index in [1.54, 1.807) is 0 Å². The van der Waals surface area contributed by atoms with Gasteiger partial charge in [0.25, 0.3) is 0 Å². The van der Waals surface area contributed by atoms with Crippen molar-refractivity contribution in [3.63, 3.8) is 0 Å². The molecule has 4 N–H and O–H groups in total. The van der Waals surface area contributed by atoms with Gasteiger partial charge in [-0.3, -0.25) is 0 Å². The molecule has 2 rings (SSSR count). The van der Waals surface area contributed by atoms with Crippen LogP contribution in [-0.4, -0.2) is 23.6 Å². The molecule has 2 aromatic rings. The summed E-state index contributed by atoms with van der Waals surface area (Å²) in [7, 11) is 0. The molecule has 2 aromatic carbocycles. The van der Waals surface area contributed by atoms with Gasteiger partial charge in [0.2, 0.25) is 0 Å². The summed E-state index contributed by atoms with van der Waals surface area (Å²) in [6.45, 7) is 6.57. The van der Waals surface area contributed by atoms with Crippen LogP contribution in [0, 0.1) is 5.41 Å². The van der Waals surface area contributed by atoms with E-state index in [1.807, 2.05) is 48.5 Å². The predicted octanol–water partition coefficient (Wildman–Crippen LogP) is 3.91. The third-order valence-electron chi connectivity index (χ3n) is 4.51. The first-order chi connectivity index (χ1) is 13.0. The van der Waals surface area contributed by atoms with Crippen LogP contribution in [-0.2, 0) is 13.1 Å². The Kier molecular flexibility index (Phi) is 8.54. The number of nitrogens with one attached hydrogen (secondary N) is 2. The maximum atomic E-state index is 8.69. The van der Waals surface area contributed by atoms with Gasteiger partial charge in [-0.05, 0) is 53.6 Å². The number of hydrogen-bond acceptors (Lipinski definition) is 6. The van der Waals surface area contributed by atoms with E-state index in [-0.39, 0.29) is 5.41 Å². The Labute approximate surface area is 161 Å². The summed E-state index contributed by atoms with van der Waals surface area (Å²) in [6, 6.07) is 15.4. The average molecular weight is 374 g/mol. The van der Waals surface area contributed by atoms with E-state index in [2.05, 4.69) is 24.8 Å². The molecule has 0 saturated heterocycles. The van der Waals surface area contributed by atoms with Crippen LogP contribution >= 0.6 is 0 Å². The first-order valence-corrected chi connectivity index (χ1v) is 9.20. The Hall–Kier alpha value is -2.12. The molecular formula is C21H30N2O4. The van der Waals surface area contributed by atoms with Crippen LogP contribution in [0.25, 0.3) is 0 Å².